The van der Waals surface area contributed by atoms with Gasteiger partial charge < -0.3 is 14.6 Å². The number of hydrogen-bond acceptors (Lipinski definition) is 4. The average molecular weight is 362 g/mol. The molecule has 4 aromatic rings. The Balaban J connectivity index is 1.55. The Morgan fingerprint density at radius 3 is 2.70 bits per heavy atom. The molecule has 3 aromatic heterocycles. The van der Waals surface area contributed by atoms with Crippen molar-refractivity contribution in [2.75, 3.05) is 13.7 Å². The summed E-state index contributed by atoms with van der Waals surface area (Å²) in [5.74, 6) is 0.534. The Kier molecular flexibility index (Phi) is 4.89. The SMILES string of the molecule is COc1ccc2c(n1)n1cccc1c(=O)n2CCCNCc1ccccc1. The molecule has 1 aromatic carbocycles. The van der Waals surface area contributed by atoms with Crippen LogP contribution in [0.2, 0.25) is 0 Å². The van der Waals surface area contributed by atoms with Gasteiger partial charge in [-0.25, -0.2) is 0 Å². The van der Waals surface area contributed by atoms with Crippen molar-refractivity contribution in [3.05, 3.63) is 76.7 Å². The maximum atomic E-state index is 12.9. The lowest BCUT2D eigenvalue weighted by Gasteiger charge is -2.13. The number of nitrogens with one attached hydrogen (secondary N) is 1. The first-order valence-corrected chi connectivity index (χ1v) is 9.07. The lowest BCUT2D eigenvalue weighted by molar-refractivity contribution is 0.399. The van der Waals surface area contributed by atoms with Crippen LogP contribution in [0.4, 0.5) is 0 Å². The van der Waals surface area contributed by atoms with Gasteiger partial charge in [0, 0.05) is 25.4 Å². The second kappa shape index (κ2) is 7.63. The summed E-state index contributed by atoms with van der Waals surface area (Å²) < 4.78 is 8.88. The van der Waals surface area contributed by atoms with Gasteiger partial charge >= 0.3 is 0 Å². The summed E-state index contributed by atoms with van der Waals surface area (Å²) in [6, 6.07) is 17.7. The van der Waals surface area contributed by atoms with Gasteiger partial charge in [0.1, 0.15) is 5.52 Å². The lowest BCUT2D eigenvalue weighted by Crippen LogP contribution is -2.25. The summed E-state index contributed by atoms with van der Waals surface area (Å²) in [5, 5.41) is 3.43. The smallest absolute Gasteiger partial charge is 0.275 e. The van der Waals surface area contributed by atoms with E-state index in [-0.39, 0.29) is 5.56 Å². The molecule has 138 valence electrons. The van der Waals surface area contributed by atoms with Crippen LogP contribution in [0.25, 0.3) is 16.7 Å². The Morgan fingerprint density at radius 1 is 1.04 bits per heavy atom. The fraction of sp³-hybridized carbons (Fsp3) is 0.238. The monoisotopic (exact) mass is 362 g/mol. The lowest BCUT2D eigenvalue weighted by atomic mass is 10.2. The standard InChI is InChI=1S/C21H22N4O2/c1-27-19-11-10-17-20(23-19)24-13-5-9-18(24)21(26)25(17)14-6-12-22-15-16-7-3-2-4-8-16/h2-5,7-11,13,22H,6,12,14-15H2,1H3. The molecule has 0 aliphatic heterocycles. The van der Waals surface area contributed by atoms with Crippen LogP contribution >= 0.6 is 0 Å². The van der Waals surface area contributed by atoms with Gasteiger partial charge in [0.25, 0.3) is 5.56 Å². The predicted octanol–water partition coefficient (Wildman–Crippen LogP) is 2.84. The van der Waals surface area contributed by atoms with E-state index in [0.29, 0.717) is 17.9 Å². The highest BCUT2D eigenvalue weighted by molar-refractivity contribution is 5.75. The first kappa shape index (κ1) is 17.3. The van der Waals surface area contributed by atoms with Crippen LogP contribution in [0.5, 0.6) is 5.88 Å². The Labute approximate surface area is 157 Å². The molecule has 0 bridgehead atoms. The number of methoxy groups -OCH3 is 1. The summed E-state index contributed by atoms with van der Waals surface area (Å²) in [4.78, 5) is 17.5. The van der Waals surface area contributed by atoms with Crippen molar-refractivity contribution in [2.24, 2.45) is 0 Å². The fourth-order valence-corrected chi connectivity index (χ4v) is 3.33. The van der Waals surface area contributed by atoms with Crippen LogP contribution in [0.15, 0.2) is 65.6 Å². The summed E-state index contributed by atoms with van der Waals surface area (Å²) in [7, 11) is 1.59. The molecular weight excluding hydrogens is 340 g/mol. The number of hydrogen-bond donors (Lipinski definition) is 1. The third kappa shape index (κ3) is 3.44. The van der Waals surface area contributed by atoms with Gasteiger partial charge in [0.15, 0.2) is 5.65 Å². The molecule has 4 rings (SSSR count). The van der Waals surface area contributed by atoms with Gasteiger partial charge in [-0.15, -0.1) is 0 Å². The van der Waals surface area contributed by atoms with Gasteiger partial charge in [-0.3, -0.25) is 9.20 Å². The molecule has 0 aliphatic carbocycles. The third-order valence-corrected chi connectivity index (χ3v) is 4.68. The van der Waals surface area contributed by atoms with Gasteiger partial charge in [0.05, 0.1) is 12.6 Å². The molecule has 0 amide bonds. The number of benzene rings is 1. The molecule has 0 saturated carbocycles. The number of rotatable bonds is 7. The van der Waals surface area contributed by atoms with Gasteiger partial charge in [-0.05, 0) is 36.7 Å². The van der Waals surface area contributed by atoms with Crippen LogP contribution in [0.3, 0.4) is 0 Å². The van der Waals surface area contributed by atoms with Crippen LogP contribution in [-0.2, 0) is 13.1 Å². The van der Waals surface area contributed by atoms with E-state index in [1.807, 2.05) is 47.0 Å². The van der Waals surface area contributed by atoms with E-state index in [2.05, 4.69) is 22.4 Å². The number of aromatic nitrogens is 3. The molecule has 0 atom stereocenters. The zero-order valence-electron chi connectivity index (χ0n) is 15.3. The molecule has 0 unspecified atom stereocenters. The van der Waals surface area contributed by atoms with Crippen LogP contribution < -0.4 is 15.6 Å². The average Bonchev–Trinajstić information content (AvgIpc) is 3.21. The highest BCUT2D eigenvalue weighted by atomic mass is 16.5. The van der Waals surface area contributed by atoms with Crippen LogP contribution in [0, 0.1) is 0 Å². The van der Waals surface area contributed by atoms with Crippen molar-refractivity contribution in [3.8, 4) is 5.88 Å². The summed E-state index contributed by atoms with van der Waals surface area (Å²) in [5.41, 5.74) is 3.42. The van der Waals surface area contributed by atoms with Crippen LogP contribution in [-0.4, -0.2) is 27.6 Å². The molecule has 1 N–H and O–H groups in total. The Morgan fingerprint density at radius 2 is 1.89 bits per heavy atom. The maximum absolute atomic E-state index is 12.9. The first-order valence-electron chi connectivity index (χ1n) is 9.07. The van der Waals surface area contributed by atoms with E-state index < -0.39 is 0 Å². The first-order chi connectivity index (χ1) is 13.3. The molecule has 0 saturated heterocycles. The van der Waals surface area contributed by atoms with E-state index in [0.717, 1.165) is 30.7 Å². The van der Waals surface area contributed by atoms with Gasteiger partial charge in [0.2, 0.25) is 5.88 Å². The molecule has 0 aliphatic rings. The van der Waals surface area contributed by atoms with Crippen molar-refractivity contribution in [2.45, 2.75) is 19.5 Å². The molecular formula is C21H22N4O2. The largest absolute Gasteiger partial charge is 0.481 e. The van der Waals surface area contributed by atoms with Crippen molar-refractivity contribution >= 4 is 16.7 Å². The predicted molar refractivity (Wildman–Crippen MR) is 106 cm³/mol. The Bertz CT molecular complexity index is 1120. The highest BCUT2D eigenvalue weighted by Crippen LogP contribution is 2.17. The molecule has 0 fully saturated rings. The quantitative estimate of drug-likeness (QED) is 0.514. The summed E-state index contributed by atoms with van der Waals surface area (Å²) >= 11 is 0. The van der Waals surface area contributed by atoms with E-state index in [4.69, 9.17) is 4.74 Å². The minimum Gasteiger partial charge on any atom is -0.481 e. The third-order valence-electron chi connectivity index (χ3n) is 4.68. The summed E-state index contributed by atoms with van der Waals surface area (Å²) in [6.45, 7) is 2.29. The number of aryl methyl sites for hydroxylation is 1. The van der Waals surface area contributed by atoms with Crippen molar-refractivity contribution in [1.29, 1.82) is 0 Å². The highest BCUT2D eigenvalue weighted by Gasteiger charge is 2.12. The second-order valence-electron chi connectivity index (χ2n) is 6.43. The van der Waals surface area contributed by atoms with E-state index in [1.165, 1.54) is 5.56 Å². The zero-order valence-corrected chi connectivity index (χ0v) is 15.3. The normalized spacial score (nSPS) is 11.3. The second-order valence-corrected chi connectivity index (χ2v) is 6.43. The van der Waals surface area contributed by atoms with E-state index >= 15 is 0 Å². The number of fused-ring (bicyclic) bond motifs is 3. The molecule has 3 heterocycles. The Hall–Kier alpha value is -3.12. The minimum atomic E-state index is 0.00234. The molecule has 0 spiro atoms. The van der Waals surface area contributed by atoms with Crippen molar-refractivity contribution in [3.63, 3.8) is 0 Å². The van der Waals surface area contributed by atoms with Gasteiger partial charge in [-0.1, -0.05) is 30.3 Å². The number of nitrogens with zero attached hydrogens (tertiary/aromatic N) is 3. The number of pyridine rings is 1. The van der Waals surface area contributed by atoms with Crippen molar-refractivity contribution in [1.82, 2.24) is 19.3 Å². The fourth-order valence-electron chi connectivity index (χ4n) is 3.33. The number of ether oxygens (including phenoxy) is 1. The topological polar surface area (TPSA) is 60.6 Å². The van der Waals surface area contributed by atoms with Gasteiger partial charge in [-0.2, -0.15) is 4.98 Å². The maximum Gasteiger partial charge on any atom is 0.275 e. The van der Waals surface area contributed by atoms with Crippen molar-refractivity contribution < 1.29 is 4.74 Å². The summed E-state index contributed by atoms with van der Waals surface area (Å²) in [6.07, 6.45) is 2.71. The van der Waals surface area contributed by atoms with E-state index in [9.17, 15) is 4.79 Å². The molecule has 6 nitrogen and oxygen atoms in total. The van der Waals surface area contributed by atoms with E-state index in [1.54, 1.807) is 17.7 Å². The molecule has 27 heavy (non-hydrogen) atoms. The zero-order chi connectivity index (χ0) is 18.6. The molecule has 6 heteroatoms. The van der Waals surface area contributed by atoms with Crippen LogP contribution in [0.1, 0.15) is 12.0 Å². The minimum absolute atomic E-state index is 0.00234. The molecule has 0 radical (unpaired) electrons.